The Balaban J connectivity index is 1.52. The molecule has 0 saturated heterocycles. The number of unbranched alkanes of at least 4 members (excludes halogenated alkanes) is 3. The van der Waals surface area contributed by atoms with E-state index in [9.17, 15) is 36.7 Å². The molecule has 3 aromatic rings. The van der Waals surface area contributed by atoms with Crippen LogP contribution in [0.15, 0.2) is 73.8 Å². The van der Waals surface area contributed by atoms with Gasteiger partial charge in [0.05, 0.1) is 37.6 Å². The molecule has 0 spiro atoms. The molecule has 10 nitrogen and oxygen atoms in total. The first kappa shape index (κ1) is 37.8. The van der Waals surface area contributed by atoms with Crippen LogP contribution < -0.4 is 18.9 Å². The zero-order valence-electron chi connectivity index (χ0n) is 26.1. The number of carbonyl (C=O) groups is 4. The molecule has 0 aliphatic carbocycles. The molecule has 49 heavy (non-hydrogen) atoms. The number of hydrogen-bond acceptors (Lipinski definition) is 10. The highest BCUT2D eigenvalue weighted by molar-refractivity contribution is 5.92. The van der Waals surface area contributed by atoms with Crippen LogP contribution in [0.4, 0.5) is 17.6 Å². The molecular formula is C35H32F4O10. The molecule has 0 N–H and O–H groups in total. The smallest absolute Gasteiger partial charge is 0.343 e. The van der Waals surface area contributed by atoms with Gasteiger partial charge in [-0.2, -0.15) is 17.6 Å². The third-order valence-corrected chi connectivity index (χ3v) is 6.44. The van der Waals surface area contributed by atoms with Crippen molar-refractivity contribution < 1.29 is 65.2 Å². The third kappa shape index (κ3) is 11.5. The molecule has 0 bridgehead atoms. The first-order valence-electron chi connectivity index (χ1n) is 14.9. The van der Waals surface area contributed by atoms with Crippen molar-refractivity contribution in [2.75, 3.05) is 26.4 Å². The lowest BCUT2D eigenvalue weighted by Crippen LogP contribution is -2.16. The summed E-state index contributed by atoms with van der Waals surface area (Å²) in [5.41, 5.74) is -0.446. The summed E-state index contributed by atoms with van der Waals surface area (Å²) in [6, 6.07) is 10.3. The van der Waals surface area contributed by atoms with Gasteiger partial charge >= 0.3 is 23.9 Å². The largest absolute Gasteiger partial charge is 0.494 e. The summed E-state index contributed by atoms with van der Waals surface area (Å²) in [7, 11) is 0. The molecule has 0 aromatic heterocycles. The van der Waals surface area contributed by atoms with E-state index in [1.54, 1.807) is 0 Å². The van der Waals surface area contributed by atoms with E-state index in [0.29, 0.717) is 44.0 Å². The van der Waals surface area contributed by atoms with Crippen LogP contribution in [0.5, 0.6) is 23.0 Å². The van der Waals surface area contributed by atoms with Gasteiger partial charge < -0.3 is 28.4 Å². The molecule has 260 valence electrons. The van der Waals surface area contributed by atoms with Crippen LogP contribution in [0.2, 0.25) is 0 Å². The Morgan fingerprint density at radius 1 is 0.510 bits per heavy atom. The molecule has 0 unspecified atom stereocenters. The fraction of sp³-hybridized carbons (Fsp3) is 0.257. The second-order valence-electron chi connectivity index (χ2n) is 9.95. The van der Waals surface area contributed by atoms with Gasteiger partial charge in [0.25, 0.3) is 0 Å². The predicted octanol–water partition coefficient (Wildman–Crippen LogP) is 6.85. The van der Waals surface area contributed by atoms with E-state index in [1.165, 1.54) is 48.5 Å². The molecule has 0 saturated carbocycles. The van der Waals surface area contributed by atoms with Crippen LogP contribution in [-0.4, -0.2) is 50.3 Å². The van der Waals surface area contributed by atoms with E-state index in [1.807, 2.05) is 0 Å². The van der Waals surface area contributed by atoms with Crippen molar-refractivity contribution >= 4 is 23.9 Å². The molecule has 0 aliphatic rings. The summed E-state index contributed by atoms with van der Waals surface area (Å²) in [5.74, 6) is -14.8. The summed E-state index contributed by atoms with van der Waals surface area (Å²) in [6.45, 7) is 7.46. The van der Waals surface area contributed by atoms with Crippen molar-refractivity contribution in [3.8, 4) is 23.0 Å². The highest BCUT2D eigenvalue weighted by Gasteiger charge is 2.31. The highest BCUT2D eigenvalue weighted by Crippen LogP contribution is 2.35. The fourth-order valence-corrected chi connectivity index (χ4v) is 3.91. The van der Waals surface area contributed by atoms with Crippen LogP contribution in [0.25, 0.3) is 0 Å². The molecule has 0 aliphatic heterocycles. The lowest BCUT2D eigenvalue weighted by atomic mass is 10.2. The van der Waals surface area contributed by atoms with Crippen LogP contribution in [0, 0.1) is 23.3 Å². The SMILES string of the molecule is C=CC(=O)OCCCCCCOc1ccc(C(=O)Oc2c(F)c(F)c(OC(=O)c3ccc(OCCCOC(=O)C=C)cc3)c(F)c2F)cc1. The molecule has 3 rings (SSSR count). The second kappa shape index (κ2) is 19.2. The first-order chi connectivity index (χ1) is 23.5. The zero-order valence-corrected chi connectivity index (χ0v) is 26.1. The Kier molecular flexibility index (Phi) is 14.8. The number of halogens is 4. The minimum Gasteiger partial charge on any atom is -0.494 e. The molecule has 14 heteroatoms. The van der Waals surface area contributed by atoms with Gasteiger partial charge in [-0.25, -0.2) is 19.2 Å². The summed E-state index contributed by atoms with van der Waals surface area (Å²) >= 11 is 0. The third-order valence-electron chi connectivity index (χ3n) is 6.44. The lowest BCUT2D eigenvalue weighted by molar-refractivity contribution is -0.138. The quantitative estimate of drug-likeness (QED) is 0.0330. The number of ether oxygens (including phenoxy) is 6. The van der Waals surface area contributed by atoms with Gasteiger partial charge in [0.1, 0.15) is 11.5 Å². The number of esters is 4. The Hall–Kier alpha value is -5.66. The second-order valence-corrected chi connectivity index (χ2v) is 9.95. The van der Waals surface area contributed by atoms with Crippen molar-refractivity contribution in [3.05, 3.63) is 108 Å². The monoisotopic (exact) mass is 688 g/mol. The van der Waals surface area contributed by atoms with Crippen LogP contribution in [0.3, 0.4) is 0 Å². The average molecular weight is 689 g/mol. The normalized spacial score (nSPS) is 10.4. The molecule has 3 aromatic carbocycles. The maximum absolute atomic E-state index is 14.8. The predicted molar refractivity (Wildman–Crippen MR) is 165 cm³/mol. The standard InChI is InChI=1S/C35H32F4O10/c1-3-26(40)46-19-8-6-5-7-18-44-24-14-10-22(11-15-24)34(42)48-32-28(36)30(38)33(31(39)29(32)37)49-35(43)23-12-16-25(17-13-23)45-20-9-21-47-27(41)4-2/h3-4,10-17H,1-2,5-9,18-21H2. The number of hydrogen-bond donors (Lipinski definition) is 0. The molecule has 0 atom stereocenters. The van der Waals surface area contributed by atoms with Gasteiger partial charge in [0, 0.05) is 18.6 Å². The van der Waals surface area contributed by atoms with Crippen molar-refractivity contribution in [3.63, 3.8) is 0 Å². The maximum atomic E-state index is 14.8. The molecule has 0 radical (unpaired) electrons. The van der Waals surface area contributed by atoms with Gasteiger partial charge in [-0.15, -0.1) is 0 Å². The van der Waals surface area contributed by atoms with Crippen LogP contribution in [-0.2, 0) is 19.1 Å². The van der Waals surface area contributed by atoms with E-state index in [2.05, 4.69) is 22.6 Å². The Labute approximate surface area is 278 Å². The summed E-state index contributed by atoms with van der Waals surface area (Å²) in [4.78, 5) is 47.0. The minimum atomic E-state index is -2.10. The van der Waals surface area contributed by atoms with Crippen LogP contribution >= 0.6 is 0 Å². The number of carbonyl (C=O) groups excluding carboxylic acids is 4. The Bertz CT molecular complexity index is 1610. The van der Waals surface area contributed by atoms with Crippen molar-refractivity contribution in [2.24, 2.45) is 0 Å². The zero-order chi connectivity index (χ0) is 35.8. The minimum absolute atomic E-state index is 0.0863. The van der Waals surface area contributed by atoms with E-state index in [0.717, 1.165) is 25.0 Å². The van der Waals surface area contributed by atoms with Crippen molar-refractivity contribution in [1.82, 2.24) is 0 Å². The first-order valence-corrected chi connectivity index (χ1v) is 14.9. The van der Waals surface area contributed by atoms with Gasteiger partial charge in [-0.3, -0.25) is 0 Å². The van der Waals surface area contributed by atoms with Crippen molar-refractivity contribution in [2.45, 2.75) is 32.1 Å². The topological polar surface area (TPSA) is 124 Å². The van der Waals surface area contributed by atoms with Gasteiger partial charge in [0.15, 0.2) is 0 Å². The molecule has 0 fully saturated rings. The van der Waals surface area contributed by atoms with Crippen LogP contribution in [0.1, 0.15) is 52.8 Å². The molecular weight excluding hydrogens is 656 g/mol. The van der Waals surface area contributed by atoms with E-state index >= 15 is 0 Å². The highest BCUT2D eigenvalue weighted by atomic mass is 19.2. The van der Waals surface area contributed by atoms with E-state index < -0.39 is 58.6 Å². The number of benzene rings is 3. The fourth-order valence-electron chi connectivity index (χ4n) is 3.91. The maximum Gasteiger partial charge on any atom is 0.343 e. The van der Waals surface area contributed by atoms with Gasteiger partial charge in [-0.05, 0) is 74.2 Å². The number of rotatable bonds is 19. The summed E-state index contributed by atoms with van der Waals surface area (Å²) in [6.07, 6.45) is 5.46. The summed E-state index contributed by atoms with van der Waals surface area (Å²) < 4.78 is 88.9. The molecule has 0 amide bonds. The average Bonchev–Trinajstić information content (AvgIpc) is 3.12. The summed E-state index contributed by atoms with van der Waals surface area (Å²) in [5, 5.41) is 0. The van der Waals surface area contributed by atoms with Gasteiger partial charge in [-0.1, -0.05) is 13.2 Å². The van der Waals surface area contributed by atoms with Crippen molar-refractivity contribution in [1.29, 1.82) is 0 Å². The van der Waals surface area contributed by atoms with E-state index in [4.69, 9.17) is 18.9 Å². The van der Waals surface area contributed by atoms with Gasteiger partial charge in [0.2, 0.25) is 34.8 Å². The molecule has 0 heterocycles. The lowest BCUT2D eigenvalue weighted by Gasteiger charge is -2.13. The Morgan fingerprint density at radius 3 is 1.24 bits per heavy atom. The Morgan fingerprint density at radius 2 is 0.857 bits per heavy atom. The van der Waals surface area contributed by atoms with E-state index in [-0.39, 0.29) is 24.3 Å².